The molecule has 1 atom stereocenters. The number of rotatable bonds is 3. The standard InChI is InChI=1S/C14H15ClN4O2/c1-2-21-13(20)9-4-3-5-11(6-9)18-14-17-8-10(7-16)12(15)19-14/h8-9H,2-6H2,1H3. The normalized spacial score (nSPS) is 20.0. The molecule has 1 saturated carbocycles. The minimum Gasteiger partial charge on any atom is -0.466 e. The summed E-state index contributed by atoms with van der Waals surface area (Å²) in [4.78, 5) is 24.1. The molecule has 1 aliphatic carbocycles. The summed E-state index contributed by atoms with van der Waals surface area (Å²) >= 11 is 5.85. The number of aromatic nitrogens is 2. The second-order valence-corrected chi connectivity index (χ2v) is 5.07. The lowest BCUT2D eigenvalue weighted by Gasteiger charge is -2.21. The molecule has 0 N–H and O–H groups in total. The number of halogens is 1. The molecule has 110 valence electrons. The van der Waals surface area contributed by atoms with Crippen molar-refractivity contribution in [1.29, 1.82) is 5.26 Å². The fourth-order valence-corrected chi connectivity index (χ4v) is 2.39. The third-order valence-electron chi connectivity index (χ3n) is 3.23. The molecule has 6 nitrogen and oxygen atoms in total. The van der Waals surface area contributed by atoms with E-state index in [1.165, 1.54) is 6.20 Å². The van der Waals surface area contributed by atoms with E-state index < -0.39 is 0 Å². The minimum atomic E-state index is -0.177. The van der Waals surface area contributed by atoms with Gasteiger partial charge in [-0.25, -0.2) is 9.98 Å². The molecule has 0 spiro atoms. The van der Waals surface area contributed by atoms with Gasteiger partial charge in [-0.05, 0) is 32.6 Å². The maximum atomic E-state index is 11.8. The van der Waals surface area contributed by atoms with Crippen LogP contribution in [0.15, 0.2) is 11.2 Å². The van der Waals surface area contributed by atoms with Crippen molar-refractivity contribution in [2.24, 2.45) is 10.9 Å². The lowest BCUT2D eigenvalue weighted by atomic mass is 9.88. The number of hydrogen-bond donors (Lipinski definition) is 0. The first-order chi connectivity index (χ1) is 10.1. The summed E-state index contributed by atoms with van der Waals surface area (Å²) in [7, 11) is 0. The second kappa shape index (κ2) is 7.14. The van der Waals surface area contributed by atoms with Crippen LogP contribution in [-0.2, 0) is 9.53 Å². The molecule has 0 saturated heterocycles. The molecule has 21 heavy (non-hydrogen) atoms. The summed E-state index contributed by atoms with van der Waals surface area (Å²) < 4.78 is 5.05. The van der Waals surface area contributed by atoms with Crippen LogP contribution in [0.3, 0.4) is 0 Å². The average Bonchev–Trinajstić information content (AvgIpc) is 2.48. The van der Waals surface area contributed by atoms with Gasteiger partial charge in [0.05, 0.1) is 18.7 Å². The number of esters is 1. The third kappa shape index (κ3) is 3.99. The molecule has 1 fully saturated rings. The van der Waals surface area contributed by atoms with E-state index in [1.54, 1.807) is 6.92 Å². The molecule has 0 bridgehead atoms. The zero-order chi connectivity index (χ0) is 15.2. The molecular formula is C14H15ClN4O2. The molecule has 1 aliphatic rings. The fourth-order valence-electron chi connectivity index (χ4n) is 2.23. The summed E-state index contributed by atoms with van der Waals surface area (Å²) in [5, 5.41) is 8.86. The highest BCUT2D eigenvalue weighted by molar-refractivity contribution is 6.30. The quantitative estimate of drug-likeness (QED) is 0.633. The fraction of sp³-hybridized carbons (Fsp3) is 0.500. The monoisotopic (exact) mass is 306 g/mol. The van der Waals surface area contributed by atoms with Gasteiger partial charge in [0.15, 0.2) is 5.15 Å². The number of nitrogens with zero attached hydrogens (tertiary/aromatic N) is 4. The number of aliphatic imine (C=N–C) groups is 1. The van der Waals surface area contributed by atoms with E-state index in [0.29, 0.717) is 13.0 Å². The largest absolute Gasteiger partial charge is 0.466 e. The van der Waals surface area contributed by atoms with Gasteiger partial charge in [0.1, 0.15) is 11.6 Å². The van der Waals surface area contributed by atoms with Crippen molar-refractivity contribution in [2.45, 2.75) is 32.6 Å². The summed E-state index contributed by atoms with van der Waals surface area (Å²) in [5.74, 6) is -0.103. The first-order valence-corrected chi connectivity index (χ1v) is 7.17. The summed E-state index contributed by atoms with van der Waals surface area (Å²) in [6.45, 7) is 2.18. The van der Waals surface area contributed by atoms with Gasteiger partial charge in [0, 0.05) is 5.71 Å². The zero-order valence-corrected chi connectivity index (χ0v) is 12.4. The smallest absolute Gasteiger partial charge is 0.309 e. The molecule has 1 unspecified atom stereocenters. The number of carbonyl (C=O) groups excluding carboxylic acids is 1. The van der Waals surface area contributed by atoms with Crippen LogP contribution in [0.25, 0.3) is 0 Å². The number of carbonyl (C=O) groups is 1. The Kier molecular flexibility index (Phi) is 5.23. The van der Waals surface area contributed by atoms with Crippen molar-refractivity contribution in [2.75, 3.05) is 6.61 Å². The van der Waals surface area contributed by atoms with E-state index >= 15 is 0 Å². The molecular weight excluding hydrogens is 292 g/mol. The average molecular weight is 307 g/mol. The van der Waals surface area contributed by atoms with Crippen LogP contribution in [0.5, 0.6) is 0 Å². The van der Waals surface area contributed by atoms with Crippen LogP contribution in [-0.4, -0.2) is 28.3 Å². The summed E-state index contributed by atoms with van der Waals surface area (Å²) in [6.07, 6.45) is 4.40. The van der Waals surface area contributed by atoms with Crippen LogP contribution in [0.1, 0.15) is 38.2 Å². The van der Waals surface area contributed by atoms with Gasteiger partial charge in [-0.1, -0.05) is 11.6 Å². The van der Waals surface area contributed by atoms with E-state index in [9.17, 15) is 4.79 Å². The highest BCUT2D eigenvalue weighted by Gasteiger charge is 2.25. The van der Waals surface area contributed by atoms with Gasteiger partial charge in [-0.2, -0.15) is 10.2 Å². The van der Waals surface area contributed by atoms with Gasteiger partial charge in [-0.15, -0.1) is 0 Å². The Bertz CT molecular complexity index is 609. The molecule has 1 aromatic heterocycles. The summed E-state index contributed by atoms with van der Waals surface area (Å²) in [5.41, 5.74) is 1.08. The van der Waals surface area contributed by atoms with Crippen LogP contribution < -0.4 is 0 Å². The van der Waals surface area contributed by atoms with Crippen LogP contribution in [0, 0.1) is 17.2 Å². The lowest BCUT2D eigenvalue weighted by molar-refractivity contribution is -0.148. The van der Waals surface area contributed by atoms with Crippen molar-refractivity contribution >= 4 is 29.2 Å². The molecule has 1 aromatic rings. The number of nitriles is 1. The Morgan fingerprint density at radius 2 is 2.48 bits per heavy atom. The predicted octanol–water partition coefficient (Wildman–Crippen LogP) is 2.83. The Balaban J connectivity index is 2.12. The number of ether oxygens (including phenoxy) is 1. The Labute approximate surface area is 127 Å². The summed E-state index contributed by atoms with van der Waals surface area (Å²) in [6, 6.07) is 1.90. The van der Waals surface area contributed by atoms with E-state index in [1.807, 2.05) is 6.07 Å². The topological polar surface area (TPSA) is 88.2 Å². The highest BCUT2D eigenvalue weighted by atomic mass is 35.5. The molecule has 0 aromatic carbocycles. The van der Waals surface area contributed by atoms with Crippen molar-refractivity contribution in [3.63, 3.8) is 0 Å². The van der Waals surface area contributed by atoms with Gasteiger partial charge in [-0.3, -0.25) is 4.79 Å². The first kappa shape index (κ1) is 15.4. The molecule has 0 amide bonds. The maximum Gasteiger partial charge on any atom is 0.309 e. The van der Waals surface area contributed by atoms with Gasteiger partial charge in [0.25, 0.3) is 5.95 Å². The number of hydrogen-bond acceptors (Lipinski definition) is 6. The zero-order valence-electron chi connectivity index (χ0n) is 11.7. The van der Waals surface area contributed by atoms with Crippen LogP contribution in [0.2, 0.25) is 5.15 Å². The minimum absolute atomic E-state index is 0.0876. The Morgan fingerprint density at radius 3 is 3.14 bits per heavy atom. The highest BCUT2D eigenvalue weighted by Crippen LogP contribution is 2.25. The Hall–Kier alpha value is -2.00. The second-order valence-electron chi connectivity index (χ2n) is 4.71. The third-order valence-corrected chi connectivity index (χ3v) is 3.52. The molecule has 0 aliphatic heterocycles. The maximum absolute atomic E-state index is 11.8. The Morgan fingerprint density at radius 1 is 1.67 bits per heavy atom. The van der Waals surface area contributed by atoms with E-state index in [2.05, 4.69) is 15.0 Å². The van der Waals surface area contributed by atoms with Crippen molar-refractivity contribution in [3.05, 3.63) is 16.9 Å². The first-order valence-electron chi connectivity index (χ1n) is 6.79. The molecule has 0 radical (unpaired) electrons. The van der Waals surface area contributed by atoms with Crippen LogP contribution in [0.4, 0.5) is 5.95 Å². The lowest BCUT2D eigenvalue weighted by Crippen LogP contribution is -2.24. The van der Waals surface area contributed by atoms with Gasteiger partial charge < -0.3 is 4.74 Å². The van der Waals surface area contributed by atoms with E-state index in [0.717, 1.165) is 25.0 Å². The SMILES string of the molecule is CCOC(=O)C1CCCC(=Nc2ncc(C#N)c(Cl)n2)C1. The van der Waals surface area contributed by atoms with E-state index in [-0.39, 0.29) is 28.6 Å². The molecule has 7 heteroatoms. The van der Waals surface area contributed by atoms with Gasteiger partial charge in [0.2, 0.25) is 0 Å². The van der Waals surface area contributed by atoms with Gasteiger partial charge >= 0.3 is 5.97 Å². The van der Waals surface area contributed by atoms with Crippen LogP contribution >= 0.6 is 11.6 Å². The van der Waals surface area contributed by atoms with Crippen molar-refractivity contribution in [3.8, 4) is 6.07 Å². The van der Waals surface area contributed by atoms with Crippen molar-refractivity contribution in [1.82, 2.24) is 9.97 Å². The molecule has 2 rings (SSSR count). The molecule has 1 heterocycles. The predicted molar refractivity (Wildman–Crippen MR) is 77.4 cm³/mol. The van der Waals surface area contributed by atoms with E-state index in [4.69, 9.17) is 21.6 Å². The van der Waals surface area contributed by atoms with Crippen molar-refractivity contribution < 1.29 is 9.53 Å².